The van der Waals surface area contributed by atoms with Crippen molar-refractivity contribution in [1.82, 2.24) is 5.32 Å². The second-order valence-corrected chi connectivity index (χ2v) is 7.88. The summed E-state index contributed by atoms with van der Waals surface area (Å²) in [5.41, 5.74) is 3.31. The first kappa shape index (κ1) is 18.9. The molecule has 0 spiro atoms. The van der Waals surface area contributed by atoms with Crippen molar-refractivity contribution in [3.05, 3.63) is 65.0 Å². The predicted molar refractivity (Wildman–Crippen MR) is 105 cm³/mol. The Morgan fingerprint density at radius 3 is 2.75 bits per heavy atom. The average Bonchev–Trinajstić information content (AvgIpc) is 3.13. The van der Waals surface area contributed by atoms with Gasteiger partial charge in [-0.2, -0.15) is 0 Å². The van der Waals surface area contributed by atoms with E-state index in [0.717, 1.165) is 36.1 Å². The quantitative estimate of drug-likeness (QED) is 0.766. The minimum absolute atomic E-state index is 0.0187. The number of hydrogen-bond donors (Lipinski definition) is 2. The molecule has 1 aliphatic heterocycles. The molecule has 2 aromatic rings. The Bertz CT molecular complexity index is 830. The number of carbonyl (C=O) groups excluding carboxylic acids is 1. The van der Waals surface area contributed by atoms with Crippen LogP contribution in [-0.2, 0) is 17.6 Å². The SMILES string of the molecule is O=C(CCCc1ccc(F)cc1)N[C@@H](c1ccc2c(c1)CCO2)C1CC(O)C1. The van der Waals surface area contributed by atoms with Gasteiger partial charge in [0.25, 0.3) is 0 Å². The van der Waals surface area contributed by atoms with Crippen LogP contribution >= 0.6 is 0 Å². The van der Waals surface area contributed by atoms with Crippen molar-refractivity contribution in [2.45, 2.75) is 50.7 Å². The number of rotatable bonds is 7. The van der Waals surface area contributed by atoms with E-state index in [-0.39, 0.29) is 29.8 Å². The number of hydrogen-bond acceptors (Lipinski definition) is 3. The molecule has 4 rings (SSSR count). The molecule has 28 heavy (non-hydrogen) atoms. The highest BCUT2D eigenvalue weighted by molar-refractivity contribution is 5.76. The zero-order valence-corrected chi connectivity index (χ0v) is 15.9. The maximum atomic E-state index is 13.0. The number of fused-ring (bicyclic) bond motifs is 1. The van der Waals surface area contributed by atoms with Gasteiger partial charge in [-0.05, 0) is 72.6 Å². The molecule has 0 saturated heterocycles. The van der Waals surface area contributed by atoms with Crippen LogP contribution in [0.5, 0.6) is 5.75 Å². The summed E-state index contributed by atoms with van der Waals surface area (Å²) >= 11 is 0. The normalized spacial score (nSPS) is 21.4. The van der Waals surface area contributed by atoms with Gasteiger partial charge in [-0.1, -0.05) is 18.2 Å². The number of carbonyl (C=O) groups is 1. The average molecular weight is 383 g/mol. The Balaban J connectivity index is 1.37. The first-order valence-electron chi connectivity index (χ1n) is 10.1. The minimum Gasteiger partial charge on any atom is -0.493 e. The van der Waals surface area contributed by atoms with Crippen molar-refractivity contribution in [3.63, 3.8) is 0 Å². The number of halogens is 1. The van der Waals surface area contributed by atoms with Crippen LogP contribution in [0.25, 0.3) is 0 Å². The zero-order chi connectivity index (χ0) is 19.5. The Morgan fingerprint density at radius 2 is 2.00 bits per heavy atom. The summed E-state index contributed by atoms with van der Waals surface area (Å²) in [6.45, 7) is 0.710. The van der Waals surface area contributed by atoms with E-state index in [0.29, 0.717) is 25.9 Å². The van der Waals surface area contributed by atoms with Crippen LogP contribution in [0.3, 0.4) is 0 Å². The molecule has 1 heterocycles. The third-order valence-electron chi connectivity index (χ3n) is 5.79. The predicted octanol–water partition coefficient (Wildman–Crippen LogP) is 3.71. The number of aliphatic hydroxyl groups excluding tert-OH is 1. The number of aryl methyl sites for hydroxylation is 1. The molecule has 0 bridgehead atoms. The van der Waals surface area contributed by atoms with Crippen LogP contribution < -0.4 is 10.1 Å². The molecule has 5 heteroatoms. The van der Waals surface area contributed by atoms with Crippen LogP contribution in [0.15, 0.2) is 42.5 Å². The lowest BCUT2D eigenvalue weighted by molar-refractivity contribution is -0.123. The standard InChI is InChI=1S/C23H26FNO3/c24-19-7-4-15(5-8-19)2-1-3-22(27)25-23(18-13-20(26)14-18)17-6-9-21-16(12-17)10-11-28-21/h4-9,12,18,20,23,26H,1-3,10-11,13-14H2,(H,25,27)/t18?,20?,23-/m0/s1. The van der Waals surface area contributed by atoms with Gasteiger partial charge in [0.2, 0.25) is 5.91 Å². The molecule has 1 amide bonds. The van der Waals surface area contributed by atoms with E-state index >= 15 is 0 Å². The first-order chi connectivity index (χ1) is 13.6. The van der Waals surface area contributed by atoms with Crippen LogP contribution in [0.1, 0.15) is 48.4 Å². The molecular formula is C23H26FNO3. The highest BCUT2D eigenvalue weighted by Crippen LogP contribution is 2.39. The molecule has 1 fully saturated rings. The summed E-state index contributed by atoms with van der Waals surface area (Å²) in [5.74, 6) is 0.968. The summed E-state index contributed by atoms with van der Waals surface area (Å²) in [7, 11) is 0. The second kappa shape index (κ2) is 8.31. The Labute approximate surface area is 164 Å². The van der Waals surface area contributed by atoms with Crippen molar-refractivity contribution in [2.24, 2.45) is 5.92 Å². The van der Waals surface area contributed by atoms with E-state index in [1.807, 2.05) is 12.1 Å². The lowest BCUT2D eigenvalue weighted by atomic mass is 9.74. The fourth-order valence-corrected chi connectivity index (χ4v) is 4.13. The molecule has 0 radical (unpaired) electrons. The fourth-order valence-electron chi connectivity index (χ4n) is 4.13. The Hall–Kier alpha value is -2.40. The van der Waals surface area contributed by atoms with E-state index in [1.165, 1.54) is 17.7 Å². The van der Waals surface area contributed by atoms with Gasteiger partial charge in [-0.25, -0.2) is 4.39 Å². The summed E-state index contributed by atoms with van der Waals surface area (Å²) in [4.78, 5) is 12.6. The van der Waals surface area contributed by atoms with Gasteiger partial charge >= 0.3 is 0 Å². The van der Waals surface area contributed by atoms with E-state index in [4.69, 9.17) is 4.74 Å². The van der Waals surface area contributed by atoms with Crippen molar-refractivity contribution in [2.75, 3.05) is 6.61 Å². The van der Waals surface area contributed by atoms with Crippen LogP contribution in [0.2, 0.25) is 0 Å². The molecule has 1 atom stereocenters. The second-order valence-electron chi connectivity index (χ2n) is 7.88. The number of benzene rings is 2. The summed E-state index contributed by atoms with van der Waals surface area (Å²) in [5, 5.41) is 12.9. The maximum Gasteiger partial charge on any atom is 0.220 e. The lowest BCUT2D eigenvalue weighted by Crippen LogP contribution is -2.41. The molecule has 1 aliphatic carbocycles. The fraction of sp³-hybridized carbons (Fsp3) is 0.435. The molecule has 2 aliphatic rings. The van der Waals surface area contributed by atoms with Gasteiger partial charge in [0.05, 0.1) is 18.8 Å². The number of amides is 1. The third kappa shape index (κ3) is 4.36. The molecule has 148 valence electrons. The largest absolute Gasteiger partial charge is 0.493 e. The zero-order valence-electron chi connectivity index (χ0n) is 15.9. The molecular weight excluding hydrogens is 357 g/mol. The minimum atomic E-state index is -0.263. The van der Waals surface area contributed by atoms with Gasteiger partial charge in [0.15, 0.2) is 0 Å². The van der Waals surface area contributed by atoms with E-state index in [9.17, 15) is 14.3 Å². The van der Waals surface area contributed by atoms with E-state index < -0.39 is 0 Å². The molecule has 0 unspecified atom stereocenters. The summed E-state index contributed by atoms with van der Waals surface area (Å²) < 4.78 is 18.6. The highest BCUT2D eigenvalue weighted by Gasteiger charge is 2.36. The molecule has 4 nitrogen and oxygen atoms in total. The molecule has 1 saturated carbocycles. The highest BCUT2D eigenvalue weighted by atomic mass is 19.1. The third-order valence-corrected chi connectivity index (χ3v) is 5.79. The monoisotopic (exact) mass is 383 g/mol. The lowest BCUT2D eigenvalue weighted by Gasteiger charge is -2.38. The van der Waals surface area contributed by atoms with Crippen molar-refractivity contribution < 1.29 is 19.0 Å². The molecule has 2 aromatic carbocycles. The van der Waals surface area contributed by atoms with Gasteiger partial charge in [0, 0.05) is 12.8 Å². The smallest absolute Gasteiger partial charge is 0.220 e. The Kier molecular flexibility index (Phi) is 5.62. The molecule has 0 aromatic heterocycles. The Morgan fingerprint density at radius 1 is 1.21 bits per heavy atom. The van der Waals surface area contributed by atoms with Gasteiger partial charge in [0.1, 0.15) is 11.6 Å². The number of nitrogens with one attached hydrogen (secondary N) is 1. The van der Waals surface area contributed by atoms with Crippen molar-refractivity contribution in [1.29, 1.82) is 0 Å². The number of ether oxygens (including phenoxy) is 1. The van der Waals surface area contributed by atoms with Gasteiger partial charge in [-0.15, -0.1) is 0 Å². The summed E-state index contributed by atoms with van der Waals surface area (Å²) in [6.07, 6.45) is 3.96. The van der Waals surface area contributed by atoms with Crippen molar-refractivity contribution >= 4 is 5.91 Å². The first-order valence-corrected chi connectivity index (χ1v) is 10.1. The summed E-state index contributed by atoms with van der Waals surface area (Å²) in [6, 6.07) is 12.5. The van der Waals surface area contributed by atoms with Crippen LogP contribution in [0.4, 0.5) is 4.39 Å². The number of aliphatic hydroxyl groups is 1. The topological polar surface area (TPSA) is 58.6 Å². The van der Waals surface area contributed by atoms with Gasteiger partial charge < -0.3 is 15.2 Å². The van der Waals surface area contributed by atoms with E-state index in [1.54, 1.807) is 12.1 Å². The molecule has 2 N–H and O–H groups in total. The van der Waals surface area contributed by atoms with Gasteiger partial charge in [-0.3, -0.25) is 4.79 Å². The van der Waals surface area contributed by atoms with Crippen LogP contribution in [-0.4, -0.2) is 23.7 Å². The van der Waals surface area contributed by atoms with Crippen molar-refractivity contribution in [3.8, 4) is 5.75 Å². The maximum absolute atomic E-state index is 13.0. The van der Waals surface area contributed by atoms with E-state index in [2.05, 4.69) is 11.4 Å². The van der Waals surface area contributed by atoms with Crippen LogP contribution in [0, 0.1) is 11.7 Å².